The number of hydrogen-bond donors (Lipinski definition) is 0. The summed E-state index contributed by atoms with van der Waals surface area (Å²) in [6.45, 7) is 17.7. The van der Waals surface area contributed by atoms with Crippen molar-refractivity contribution in [2.75, 3.05) is 0 Å². The minimum Gasteiger partial charge on any atom is -0.481 e. The van der Waals surface area contributed by atoms with Crippen LogP contribution in [0.5, 0.6) is 0 Å². The van der Waals surface area contributed by atoms with Crippen molar-refractivity contribution < 1.29 is 24.5 Å². The van der Waals surface area contributed by atoms with Crippen LogP contribution in [0.1, 0.15) is 81.5 Å². The van der Waals surface area contributed by atoms with E-state index in [2.05, 4.69) is 184 Å². The molecule has 5 heterocycles. The van der Waals surface area contributed by atoms with Gasteiger partial charge in [0.25, 0.3) is 0 Å². The second-order valence-electron chi connectivity index (χ2n) is 19.8. The predicted octanol–water partition coefficient (Wildman–Crippen LogP) is 15.2. The minimum atomic E-state index is -1.86. The van der Waals surface area contributed by atoms with Crippen molar-refractivity contribution in [2.24, 2.45) is 5.92 Å². The molecular weight excluding hydrogens is 1060 g/mol. The van der Waals surface area contributed by atoms with E-state index in [1.54, 1.807) is 4.40 Å². The van der Waals surface area contributed by atoms with E-state index < -0.39 is 13.3 Å². The fraction of sp³-hybridized carbons (Fsp3) is 0.254. The van der Waals surface area contributed by atoms with Crippen LogP contribution in [0.3, 0.4) is 0 Å². The van der Waals surface area contributed by atoms with Crippen molar-refractivity contribution in [2.45, 2.75) is 90.9 Å². The Balaban J connectivity index is 0.000000244. The van der Waals surface area contributed by atoms with Gasteiger partial charge >= 0.3 is 126 Å². The van der Waals surface area contributed by atoms with Crippen molar-refractivity contribution >= 4 is 61.5 Å². The summed E-state index contributed by atoms with van der Waals surface area (Å²) in [5.41, 5.74) is 15.8. The number of benzene rings is 5. The molecule has 1 radical (unpaired) electrons. The topological polar surface area (TPSA) is 69.6 Å². The van der Waals surface area contributed by atoms with Crippen LogP contribution >= 0.6 is 0 Å². The van der Waals surface area contributed by atoms with Gasteiger partial charge in [-0.2, -0.15) is 0 Å². The van der Waals surface area contributed by atoms with E-state index in [9.17, 15) is 0 Å². The molecule has 67 heavy (non-hydrogen) atoms. The molecule has 0 fully saturated rings. The first-order chi connectivity index (χ1) is 31.6. The number of aryl methyl sites for hydroxylation is 2. The molecule has 0 aliphatic carbocycles. The zero-order chi connectivity index (χ0) is 46.4. The van der Waals surface area contributed by atoms with Gasteiger partial charge in [0, 0.05) is 36.9 Å². The average molecular weight is 1120 g/mol. The third-order valence-corrected chi connectivity index (χ3v) is 16.8. The molecule has 0 unspecified atom stereocenters. The number of pyridine rings is 3. The fourth-order valence-corrected chi connectivity index (χ4v) is 12.6. The Morgan fingerprint density at radius 1 is 0.687 bits per heavy atom. The van der Waals surface area contributed by atoms with Gasteiger partial charge in [-0.25, -0.2) is 0 Å². The van der Waals surface area contributed by atoms with Gasteiger partial charge in [-0.3, -0.25) is 9.97 Å². The van der Waals surface area contributed by atoms with Crippen molar-refractivity contribution in [1.82, 2.24) is 24.5 Å². The average Bonchev–Trinajstić information content (AvgIpc) is 3.87. The van der Waals surface area contributed by atoms with Crippen molar-refractivity contribution in [3.8, 4) is 39.5 Å². The fourth-order valence-electron chi connectivity index (χ4n) is 9.31. The number of nitrogens with zero attached hydrogens (tertiary/aromatic N) is 5. The summed E-state index contributed by atoms with van der Waals surface area (Å²) in [4.78, 5) is 19.2. The number of rotatable bonds is 9. The smallest absolute Gasteiger partial charge is 0.144 e. The molecule has 6 nitrogen and oxygen atoms in total. The van der Waals surface area contributed by atoms with Crippen LogP contribution in [0.15, 0.2) is 132 Å². The van der Waals surface area contributed by atoms with Gasteiger partial charge in [-0.15, -0.1) is 6.07 Å². The van der Waals surface area contributed by atoms with Gasteiger partial charge in [0.2, 0.25) is 0 Å². The van der Waals surface area contributed by atoms with E-state index in [0.29, 0.717) is 11.6 Å². The molecule has 10 rings (SSSR count). The quantitative estimate of drug-likeness (QED) is 0.106. The Morgan fingerprint density at radius 3 is 2.07 bits per heavy atom. The number of hydrogen-bond acceptors (Lipinski definition) is 5. The maximum Gasteiger partial charge on any atom is 0.144 e. The molecule has 0 amide bonds. The summed E-state index contributed by atoms with van der Waals surface area (Å²) in [6.07, 6.45) is 6.57. The molecule has 0 bridgehead atoms. The number of furan rings is 1. The van der Waals surface area contributed by atoms with Gasteiger partial charge in [0.1, 0.15) is 11.3 Å². The van der Waals surface area contributed by atoms with E-state index in [-0.39, 0.29) is 31.9 Å². The largest absolute Gasteiger partial charge is 0.481 e. The molecule has 341 valence electrons. The van der Waals surface area contributed by atoms with E-state index in [0.717, 1.165) is 67.8 Å². The van der Waals surface area contributed by atoms with Crippen molar-refractivity contribution in [3.05, 3.63) is 168 Å². The molecule has 0 saturated heterocycles. The summed E-state index contributed by atoms with van der Waals surface area (Å²) < 4.78 is 10.0. The van der Waals surface area contributed by atoms with E-state index in [4.69, 9.17) is 19.4 Å². The summed E-state index contributed by atoms with van der Waals surface area (Å²) in [7, 11) is 0. The van der Waals surface area contributed by atoms with Crippen LogP contribution in [-0.2, 0) is 26.5 Å². The van der Waals surface area contributed by atoms with Crippen LogP contribution in [0, 0.1) is 32.0 Å². The summed E-state index contributed by atoms with van der Waals surface area (Å²) in [5.74, 6) is 9.34. The van der Waals surface area contributed by atoms with E-state index >= 15 is 0 Å². The molecule has 0 atom stereocenters. The van der Waals surface area contributed by atoms with Crippen molar-refractivity contribution in [1.29, 1.82) is 0 Å². The molecular formula is C59H59GeIrN5O-2. The van der Waals surface area contributed by atoms with E-state index in [1.807, 2.05) is 38.1 Å². The second kappa shape index (κ2) is 19.5. The standard InChI is InChI=1S/C41H35N4O.C18H24GeN.Ir/c1-23(2)32-19-30(29-16-15-27-11-7-8-12-28(27)18-29)20-33(24(3)4)38(32)45-37-14-10-9-13-36(37)44-40(45)31-21-35-34-17-25(5)43-26(6)39(34)46-41(35)42-22-31;1-14(2)11-16-12-18(15-9-7-6-8-10-15)20-13-17(16)19(3,4)5;/h7-21,23-24H,1-6H3;6-9,12-14H,11H2,1-5H3;/q2*-1;. The van der Waals surface area contributed by atoms with Crippen molar-refractivity contribution in [3.63, 3.8) is 0 Å². The summed E-state index contributed by atoms with van der Waals surface area (Å²) in [5, 5.41) is 4.45. The molecule has 0 N–H and O–H groups in total. The normalized spacial score (nSPS) is 11.9. The van der Waals surface area contributed by atoms with Gasteiger partial charge in [0.15, 0.2) is 0 Å². The molecule has 0 spiro atoms. The molecule has 5 aromatic carbocycles. The van der Waals surface area contributed by atoms with Gasteiger partial charge in [-0.05, 0) is 107 Å². The molecule has 0 saturated carbocycles. The van der Waals surface area contributed by atoms with Crippen LogP contribution in [0.25, 0.3) is 83.3 Å². The third kappa shape index (κ3) is 9.70. The Hall–Kier alpha value is -5.73. The Bertz CT molecular complexity index is 3370. The van der Waals surface area contributed by atoms with Crippen LogP contribution < -0.4 is 4.40 Å². The minimum absolute atomic E-state index is 0. The second-order valence-corrected chi connectivity index (χ2v) is 30.4. The monoisotopic (exact) mass is 1120 g/mol. The Kier molecular flexibility index (Phi) is 13.9. The van der Waals surface area contributed by atoms with Gasteiger partial charge in [0.05, 0.1) is 22.6 Å². The number of aromatic nitrogens is 5. The first-order valence-electron chi connectivity index (χ1n) is 23.4. The number of fused-ring (bicyclic) bond motifs is 5. The number of imidazole rings is 1. The molecule has 8 heteroatoms. The molecule has 0 aliphatic rings. The third-order valence-electron chi connectivity index (χ3n) is 12.5. The molecule has 10 aromatic rings. The van der Waals surface area contributed by atoms with Crippen LogP contribution in [0.4, 0.5) is 0 Å². The summed E-state index contributed by atoms with van der Waals surface area (Å²) >= 11 is -1.86. The first kappa shape index (κ1) is 47.8. The maximum atomic E-state index is 6.15. The first-order valence-corrected chi connectivity index (χ1v) is 30.7. The van der Waals surface area contributed by atoms with Crippen LogP contribution in [0.2, 0.25) is 17.3 Å². The zero-order valence-corrected chi connectivity index (χ0v) is 45.0. The van der Waals surface area contributed by atoms with Crippen LogP contribution in [-0.4, -0.2) is 37.8 Å². The van der Waals surface area contributed by atoms with E-state index in [1.165, 1.54) is 44.3 Å². The molecule has 5 aromatic heterocycles. The van der Waals surface area contributed by atoms with Gasteiger partial charge in [-0.1, -0.05) is 81.8 Å². The molecule has 0 aliphatic heterocycles. The maximum absolute atomic E-state index is 6.15. The predicted molar refractivity (Wildman–Crippen MR) is 279 cm³/mol. The Morgan fingerprint density at radius 2 is 1.39 bits per heavy atom. The zero-order valence-electron chi connectivity index (χ0n) is 40.5. The Labute approximate surface area is 412 Å². The number of para-hydroxylation sites is 2. The van der Waals surface area contributed by atoms with Gasteiger partial charge < -0.3 is 14.0 Å². The SMILES string of the molecule is CC(C)Cc1cc(-c2[c-]cccc2)nc[c]1[Ge]([CH3])([CH3])[CH3].Cc1cc2c(oc3n[c-]c(-c4nc5ccccc5n4-c4c(C(C)C)cc(-c5ccc6ccccc6c5)cc4C(C)C)cc32)c(C)n1.[Ir]. The summed E-state index contributed by atoms with van der Waals surface area (Å²) in [6, 6.07) is 46.3.